The first-order valence-electron chi connectivity index (χ1n) is 10.2. The van der Waals surface area contributed by atoms with Crippen molar-refractivity contribution in [1.82, 2.24) is 10.4 Å². The van der Waals surface area contributed by atoms with Gasteiger partial charge in [-0.3, -0.25) is 14.4 Å². The zero-order chi connectivity index (χ0) is 22.5. The third kappa shape index (κ3) is 23.3. The Morgan fingerprint density at radius 3 is 2.28 bits per heavy atom. The smallest absolute Gasteiger partial charge is 0.303 e. The lowest BCUT2D eigenvalue weighted by atomic mass is 9.89. The number of carbonyl (C=O) groups excluding carboxylic acids is 1. The van der Waals surface area contributed by atoms with Gasteiger partial charge in [0.25, 0.3) is 0 Å². The van der Waals surface area contributed by atoms with Gasteiger partial charge < -0.3 is 10.4 Å². The van der Waals surface area contributed by atoms with Crippen molar-refractivity contribution in [2.24, 2.45) is 5.41 Å². The molecule has 8 heteroatoms. The number of hydrogen-bond acceptors (Lipinski definition) is 6. The molecule has 2 N–H and O–H groups in total. The van der Waals surface area contributed by atoms with E-state index in [1.54, 1.807) is 5.06 Å². The lowest BCUT2D eigenvalue weighted by Gasteiger charge is -2.26. The van der Waals surface area contributed by atoms with Crippen LogP contribution in [0, 0.1) is 18.3 Å². The summed E-state index contributed by atoms with van der Waals surface area (Å²) in [5.74, 6) is 2.09. The van der Waals surface area contributed by atoms with Crippen molar-refractivity contribution in [3.05, 3.63) is 0 Å². The highest BCUT2D eigenvalue weighted by Gasteiger charge is 2.20. The third-order valence-electron chi connectivity index (χ3n) is 3.96. The van der Waals surface area contributed by atoms with Gasteiger partial charge >= 0.3 is 5.97 Å². The fourth-order valence-corrected chi connectivity index (χ4v) is 4.47. The number of amides is 1. The van der Waals surface area contributed by atoms with Crippen molar-refractivity contribution in [1.29, 1.82) is 0 Å². The third-order valence-corrected chi connectivity index (χ3v) is 6.54. The molecule has 170 valence electrons. The first-order valence-corrected chi connectivity index (χ1v) is 12.7. The van der Waals surface area contributed by atoms with Gasteiger partial charge in [0.05, 0.1) is 6.61 Å². The molecule has 1 aliphatic heterocycles. The summed E-state index contributed by atoms with van der Waals surface area (Å²) in [6.45, 7) is 7.92. The molecule has 0 radical (unpaired) electrons. The van der Waals surface area contributed by atoms with E-state index in [2.05, 4.69) is 25.1 Å². The summed E-state index contributed by atoms with van der Waals surface area (Å²) in [4.78, 5) is 27.7. The minimum absolute atomic E-state index is 0.111. The molecule has 1 amide bonds. The van der Waals surface area contributed by atoms with Crippen LogP contribution < -0.4 is 5.32 Å². The van der Waals surface area contributed by atoms with Gasteiger partial charge in [-0.15, -0.1) is 12.8 Å². The summed E-state index contributed by atoms with van der Waals surface area (Å²) >= 11 is 0. The van der Waals surface area contributed by atoms with Gasteiger partial charge in [-0.25, -0.2) is 0 Å². The number of nitrogens with zero attached hydrogens (tertiary/aromatic N) is 1. The number of carboxylic acids is 1. The van der Waals surface area contributed by atoms with Gasteiger partial charge in [-0.05, 0) is 31.1 Å². The molecule has 0 aromatic carbocycles. The van der Waals surface area contributed by atoms with Crippen LogP contribution in [0.4, 0.5) is 0 Å². The lowest BCUT2D eigenvalue weighted by Crippen LogP contribution is -2.31. The van der Waals surface area contributed by atoms with E-state index in [-0.39, 0.29) is 17.7 Å². The molecule has 1 fully saturated rings. The fraction of sp³-hybridized carbons (Fsp3) is 0.810. The maximum absolute atomic E-state index is 11.4. The molecule has 0 aliphatic carbocycles. The predicted molar refractivity (Wildman–Crippen MR) is 126 cm³/mol. The van der Waals surface area contributed by atoms with E-state index in [1.807, 2.05) is 42.5 Å². The van der Waals surface area contributed by atoms with Gasteiger partial charge in [0.15, 0.2) is 0 Å². The maximum Gasteiger partial charge on any atom is 0.303 e. The molecule has 6 nitrogen and oxygen atoms in total. The Bertz CT molecular complexity index is 434. The van der Waals surface area contributed by atoms with Crippen LogP contribution in [0.1, 0.15) is 65.7 Å². The van der Waals surface area contributed by atoms with Gasteiger partial charge in [0.2, 0.25) is 5.91 Å². The normalized spacial score (nSPS) is 13.1. The minimum atomic E-state index is -0.778. The Hall–Kier alpha value is -0.880. The van der Waals surface area contributed by atoms with Gasteiger partial charge in [0.1, 0.15) is 0 Å². The van der Waals surface area contributed by atoms with Crippen LogP contribution in [0.5, 0.6) is 0 Å². The summed E-state index contributed by atoms with van der Waals surface area (Å²) in [5.41, 5.74) is -0.166. The van der Waals surface area contributed by atoms with E-state index in [9.17, 15) is 9.59 Å². The molecule has 0 bridgehead atoms. The van der Waals surface area contributed by atoms with Crippen LogP contribution in [0.2, 0.25) is 0 Å². The van der Waals surface area contributed by atoms with Crippen LogP contribution in [-0.4, -0.2) is 60.3 Å². The van der Waals surface area contributed by atoms with E-state index >= 15 is 0 Å². The molecule has 0 spiro atoms. The molecule has 1 saturated heterocycles. The molecule has 1 aliphatic rings. The van der Waals surface area contributed by atoms with Crippen molar-refractivity contribution < 1.29 is 19.5 Å². The first-order chi connectivity index (χ1) is 13.8. The highest BCUT2D eigenvalue weighted by molar-refractivity contribution is 8.77. The predicted octanol–water partition coefficient (Wildman–Crippen LogP) is 4.46. The maximum atomic E-state index is 11.4. The quantitative estimate of drug-likeness (QED) is 0.186. The van der Waals surface area contributed by atoms with Gasteiger partial charge in [-0.1, -0.05) is 48.8 Å². The van der Waals surface area contributed by atoms with E-state index in [0.717, 1.165) is 25.8 Å². The summed E-state index contributed by atoms with van der Waals surface area (Å²) < 4.78 is 0. The second-order valence-corrected chi connectivity index (χ2v) is 10.2. The number of rotatable bonds is 13. The van der Waals surface area contributed by atoms with Crippen molar-refractivity contribution in [3.8, 4) is 12.8 Å². The topological polar surface area (TPSA) is 78.9 Å². The highest BCUT2D eigenvalue weighted by atomic mass is 33.1. The molecule has 0 aromatic rings. The number of aliphatic carboxylic acids is 1. The van der Waals surface area contributed by atoms with Crippen molar-refractivity contribution in [3.63, 3.8) is 0 Å². The van der Waals surface area contributed by atoms with Gasteiger partial charge in [-0.2, -0.15) is 5.06 Å². The van der Waals surface area contributed by atoms with E-state index in [0.29, 0.717) is 26.0 Å². The average Bonchev–Trinajstić information content (AvgIpc) is 3.28. The Kier molecular flexibility index (Phi) is 21.3. The zero-order valence-corrected chi connectivity index (χ0v) is 20.2. The molecule has 0 unspecified atom stereocenters. The van der Waals surface area contributed by atoms with Crippen LogP contribution >= 0.6 is 21.6 Å². The second-order valence-electron chi connectivity index (χ2n) is 7.49. The van der Waals surface area contributed by atoms with Crippen molar-refractivity contribution >= 4 is 33.5 Å². The van der Waals surface area contributed by atoms with Crippen LogP contribution in [-0.2, 0) is 14.4 Å². The Balaban J connectivity index is 0. The number of hydroxylamine groups is 2. The largest absolute Gasteiger partial charge is 0.481 e. The van der Waals surface area contributed by atoms with Crippen molar-refractivity contribution in [2.75, 3.05) is 38.2 Å². The number of unbranched alkanes of at least 4 members (excludes halogenated alkanes) is 1. The molecule has 0 saturated carbocycles. The molecule has 29 heavy (non-hydrogen) atoms. The Morgan fingerprint density at radius 2 is 1.79 bits per heavy atom. The summed E-state index contributed by atoms with van der Waals surface area (Å²) in [6.07, 6.45) is 13.6. The molecular formula is C21H40N2O4S2. The fourth-order valence-electron chi connectivity index (χ4n) is 2.12. The molecular weight excluding hydrogens is 408 g/mol. The number of carbonyl (C=O) groups is 2. The second kappa shape index (κ2) is 20.4. The van der Waals surface area contributed by atoms with Crippen LogP contribution in [0.3, 0.4) is 0 Å². The summed E-state index contributed by atoms with van der Waals surface area (Å²) in [6, 6.07) is 0. The Labute approximate surface area is 185 Å². The van der Waals surface area contributed by atoms with Crippen LogP contribution in [0.25, 0.3) is 0 Å². The molecule has 1 rings (SSSR count). The average molecular weight is 449 g/mol. The lowest BCUT2D eigenvalue weighted by molar-refractivity contribution is -0.165. The van der Waals surface area contributed by atoms with Crippen molar-refractivity contribution in [2.45, 2.75) is 65.7 Å². The van der Waals surface area contributed by atoms with Crippen LogP contribution in [0.15, 0.2) is 0 Å². The minimum Gasteiger partial charge on any atom is -0.481 e. The number of nitrogens with one attached hydrogen (secondary N) is 1. The Morgan fingerprint density at radius 1 is 1.17 bits per heavy atom. The molecule has 0 atom stereocenters. The van der Waals surface area contributed by atoms with E-state index in [1.165, 1.54) is 17.9 Å². The first kappa shape index (κ1) is 30.3. The number of terminal acetylenes is 1. The van der Waals surface area contributed by atoms with Gasteiger partial charge in [0, 0.05) is 44.5 Å². The molecule has 0 aromatic heterocycles. The van der Waals surface area contributed by atoms with E-state index < -0.39 is 5.97 Å². The SMILES string of the molecule is C#C.C1CSSC1.CCCCC(=O)NCCCN(C)OCC(C)(C)CCC(=O)O. The highest BCUT2D eigenvalue weighted by Crippen LogP contribution is 2.29. The number of carboxylic acid groups (broad SMARTS) is 1. The molecule has 1 heterocycles. The summed E-state index contributed by atoms with van der Waals surface area (Å²) in [5, 5.41) is 13.4. The number of hydrogen-bond donors (Lipinski definition) is 2. The summed E-state index contributed by atoms with van der Waals surface area (Å²) in [7, 11) is 5.83. The zero-order valence-electron chi connectivity index (χ0n) is 18.6. The monoisotopic (exact) mass is 448 g/mol. The standard InChI is InChI=1S/C16H32N2O4.C3H6S2.C2H2/c1-5-6-8-14(19)17-11-7-12-18(4)22-13-16(2,3)10-9-15(20)21;1-2-4-5-3-1;1-2/h5-13H2,1-4H3,(H,17,19)(H,20,21);1-3H2;1-2H. The van der Waals surface area contributed by atoms with E-state index in [4.69, 9.17) is 9.94 Å².